The van der Waals surface area contributed by atoms with Crippen LogP contribution in [-0.4, -0.2) is 33.5 Å². The molecule has 26 heavy (non-hydrogen) atoms. The Morgan fingerprint density at radius 3 is 2.65 bits per heavy atom. The van der Waals surface area contributed by atoms with Crippen molar-refractivity contribution in [3.05, 3.63) is 59.9 Å². The van der Waals surface area contributed by atoms with Gasteiger partial charge in [0.15, 0.2) is 5.16 Å². The number of aromatic nitrogens is 3. The van der Waals surface area contributed by atoms with Gasteiger partial charge >= 0.3 is 0 Å². The maximum absolute atomic E-state index is 12.3. The van der Waals surface area contributed by atoms with Crippen LogP contribution in [0.15, 0.2) is 53.9 Å². The summed E-state index contributed by atoms with van der Waals surface area (Å²) < 4.78 is 7.20. The van der Waals surface area contributed by atoms with E-state index in [1.54, 1.807) is 13.4 Å². The fraction of sp³-hybridized carbons (Fsp3) is 0.211. The molecule has 0 spiro atoms. The van der Waals surface area contributed by atoms with Gasteiger partial charge in [-0.15, -0.1) is 10.2 Å². The molecule has 0 unspecified atom stereocenters. The minimum Gasteiger partial charge on any atom is -0.495 e. The van der Waals surface area contributed by atoms with Gasteiger partial charge in [0.25, 0.3) is 0 Å². The molecule has 1 N–H and O–H groups in total. The molecule has 1 heterocycles. The molecular formula is C19H20N4O2S. The Bertz CT molecular complexity index is 903. The first-order chi connectivity index (χ1) is 12.6. The molecule has 0 radical (unpaired) electrons. The SMILES string of the molecule is COc1ccccc1-n1cnnc1SCC(=O)Nc1cc(C)cc(C)c1. The number of methoxy groups -OCH3 is 1. The Morgan fingerprint density at radius 2 is 1.92 bits per heavy atom. The molecule has 7 heteroatoms. The Hall–Kier alpha value is -2.80. The Kier molecular flexibility index (Phi) is 5.58. The van der Waals surface area contributed by atoms with Gasteiger partial charge in [-0.2, -0.15) is 0 Å². The predicted octanol–water partition coefficient (Wildman–Crippen LogP) is 3.62. The van der Waals surface area contributed by atoms with Crippen LogP contribution in [0.1, 0.15) is 11.1 Å². The number of carbonyl (C=O) groups is 1. The summed E-state index contributed by atoms with van der Waals surface area (Å²) in [5, 5.41) is 11.6. The van der Waals surface area contributed by atoms with Gasteiger partial charge in [0.1, 0.15) is 12.1 Å². The molecule has 0 aliphatic heterocycles. The number of hydrogen-bond acceptors (Lipinski definition) is 5. The highest BCUT2D eigenvalue weighted by molar-refractivity contribution is 7.99. The summed E-state index contributed by atoms with van der Waals surface area (Å²) in [5.74, 6) is 0.865. The van der Waals surface area contributed by atoms with E-state index >= 15 is 0 Å². The molecule has 2 aromatic carbocycles. The van der Waals surface area contributed by atoms with Crippen LogP contribution in [-0.2, 0) is 4.79 Å². The van der Waals surface area contributed by atoms with Crippen molar-refractivity contribution in [2.45, 2.75) is 19.0 Å². The number of thioether (sulfide) groups is 1. The topological polar surface area (TPSA) is 69.0 Å². The second kappa shape index (κ2) is 8.05. The highest BCUT2D eigenvalue weighted by Gasteiger charge is 2.13. The first-order valence-electron chi connectivity index (χ1n) is 8.11. The first-order valence-corrected chi connectivity index (χ1v) is 9.10. The minimum atomic E-state index is -0.0884. The van der Waals surface area contributed by atoms with Gasteiger partial charge in [0, 0.05) is 5.69 Å². The molecule has 134 valence electrons. The summed E-state index contributed by atoms with van der Waals surface area (Å²) in [5.41, 5.74) is 3.87. The third-order valence-electron chi connectivity index (χ3n) is 3.70. The standard InChI is InChI=1S/C19H20N4O2S/c1-13-8-14(2)10-15(9-13)21-18(24)11-26-19-22-20-12-23(19)16-6-4-5-7-17(16)25-3/h4-10,12H,11H2,1-3H3,(H,21,24). The maximum atomic E-state index is 12.3. The third kappa shape index (κ3) is 4.23. The zero-order chi connectivity index (χ0) is 18.5. The second-order valence-electron chi connectivity index (χ2n) is 5.87. The van der Waals surface area contributed by atoms with Crippen LogP contribution in [0.25, 0.3) is 5.69 Å². The summed E-state index contributed by atoms with van der Waals surface area (Å²) in [4.78, 5) is 12.3. The number of carbonyl (C=O) groups excluding carboxylic acids is 1. The number of nitrogens with one attached hydrogen (secondary N) is 1. The number of amides is 1. The number of rotatable bonds is 6. The van der Waals surface area contributed by atoms with Gasteiger partial charge in [0.2, 0.25) is 5.91 Å². The quantitative estimate of drug-likeness (QED) is 0.673. The smallest absolute Gasteiger partial charge is 0.234 e. The second-order valence-corrected chi connectivity index (χ2v) is 6.81. The molecule has 0 bridgehead atoms. The Morgan fingerprint density at radius 1 is 1.19 bits per heavy atom. The molecule has 0 saturated heterocycles. The summed E-state index contributed by atoms with van der Waals surface area (Å²) in [6, 6.07) is 13.6. The predicted molar refractivity (Wildman–Crippen MR) is 103 cm³/mol. The summed E-state index contributed by atoms with van der Waals surface area (Å²) in [6.45, 7) is 4.01. The van der Waals surface area contributed by atoms with Crippen LogP contribution >= 0.6 is 11.8 Å². The fourth-order valence-electron chi connectivity index (χ4n) is 2.69. The van der Waals surface area contributed by atoms with E-state index < -0.39 is 0 Å². The van der Waals surface area contributed by atoms with E-state index in [4.69, 9.17) is 4.74 Å². The summed E-state index contributed by atoms with van der Waals surface area (Å²) in [6.07, 6.45) is 1.61. The maximum Gasteiger partial charge on any atom is 0.234 e. The summed E-state index contributed by atoms with van der Waals surface area (Å²) in [7, 11) is 1.62. The van der Waals surface area contributed by atoms with Crippen molar-refractivity contribution >= 4 is 23.4 Å². The lowest BCUT2D eigenvalue weighted by molar-refractivity contribution is -0.113. The highest BCUT2D eigenvalue weighted by Crippen LogP contribution is 2.26. The van der Waals surface area contributed by atoms with E-state index in [2.05, 4.69) is 21.6 Å². The molecular weight excluding hydrogens is 348 g/mol. The highest BCUT2D eigenvalue weighted by atomic mass is 32.2. The van der Waals surface area contributed by atoms with E-state index in [1.165, 1.54) is 11.8 Å². The van der Waals surface area contributed by atoms with Crippen LogP contribution in [0.4, 0.5) is 5.69 Å². The van der Waals surface area contributed by atoms with Crippen LogP contribution < -0.4 is 10.1 Å². The lowest BCUT2D eigenvalue weighted by Gasteiger charge is -2.11. The zero-order valence-corrected chi connectivity index (χ0v) is 15.7. The molecule has 0 aliphatic carbocycles. The lowest BCUT2D eigenvalue weighted by atomic mass is 10.1. The molecule has 0 atom stereocenters. The minimum absolute atomic E-state index is 0.0884. The average Bonchev–Trinajstić information content (AvgIpc) is 3.07. The van der Waals surface area contributed by atoms with Crippen molar-refractivity contribution in [3.8, 4) is 11.4 Å². The van der Waals surface area contributed by atoms with Crippen LogP contribution in [0.2, 0.25) is 0 Å². The number of nitrogens with zero attached hydrogens (tertiary/aromatic N) is 3. The average molecular weight is 368 g/mol. The molecule has 1 amide bonds. The zero-order valence-electron chi connectivity index (χ0n) is 14.9. The molecule has 3 aromatic rings. The van der Waals surface area contributed by atoms with E-state index in [0.29, 0.717) is 10.9 Å². The van der Waals surface area contributed by atoms with Crippen LogP contribution in [0, 0.1) is 13.8 Å². The molecule has 3 rings (SSSR count). The van der Waals surface area contributed by atoms with Crippen molar-refractivity contribution in [2.24, 2.45) is 0 Å². The van der Waals surface area contributed by atoms with E-state index in [1.807, 2.05) is 54.8 Å². The van der Waals surface area contributed by atoms with Gasteiger partial charge in [-0.1, -0.05) is 30.0 Å². The molecule has 0 fully saturated rings. The first kappa shape index (κ1) is 18.0. The van der Waals surface area contributed by atoms with E-state index in [0.717, 1.165) is 22.5 Å². The summed E-state index contributed by atoms with van der Waals surface area (Å²) >= 11 is 1.33. The lowest BCUT2D eigenvalue weighted by Crippen LogP contribution is -2.14. The number of benzene rings is 2. The van der Waals surface area contributed by atoms with Crippen LogP contribution in [0.5, 0.6) is 5.75 Å². The normalized spacial score (nSPS) is 10.6. The van der Waals surface area contributed by atoms with Crippen molar-refractivity contribution in [3.63, 3.8) is 0 Å². The van der Waals surface area contributed by atoms with Gasteiger partial charge in [-0.3, -0.25) is 9.36 Å². The number of anilines is 1. The number of para-hydroxylation sites is 2. The monoisotopic (exact) mass is 368 g/mol. The van der Waals surface area contributed by atoms with Crippen molar-refractivity contribution in [1.29, 1.82) is 0 Å². The largest absolute Gasteiger partial charge is 0.495 e. The van der Waals surface area contributed by atoms with Gasteiger partial charge in [-0.25, -0.2) is 0 Å². The number of hydrogen-bond donors (Lipinski definition) is 1. The number of aryl methyl sites for hydroxylation is 2. The third-order valence-corrected chi connectivity index (χ3v) is 4.64. The Balaban J connectivity index is 1.69. The van der Waals surface area contributed by atoms with Crippen molar-refractivity contribution in [2.75, 3.05) is 18.2 Å². The molecule has 0 saturated carbocycles. The van der Waals surface area contributed by atoms with Crippen molar-refractivity contribution < 1.29 is 9.53 Å². The van der Waals surface area contributed by atoms with E-state index in [9.17, 15) is 4.79 Å². The molecule has 0 aliphatic rings. The van der Waals surface area contributed by atoms with Gasteiger partial charge < -0.3 is 10.1 Å². The molecule has 1 aromatic heterocycles. The van der Waals surface area contributed by atoms with E-state index in [-0.39, 0.29) is 11.7 Å². The fourth-order valence-corrected chi connectivity index (χ4v) is 3.41. The Labute approximate surface area is 156 Å². The van der Waals surface area contributed by atoms with Crippen molar-refractivity contribution in [1.82, 2.24) is 14.8 Å². The molecule has 6 nitrogen and oxygen atoms in total. The van der Waals surface area contributed by atoms with Crippen LogP contribution in [0.3, 0.4) is 0 Å². The number of ether oxygens (including phenoxy) is 1. The van der Waals surface area contributed by atoms with Gasteiger partial charge in [0.05, 0.1) is 18.6 Å². The van der Waals surface area contributed by atoms with Gasteiger partial charge in [-0.05, 0) is 49.2 Å².